The summed E-state index contributed by atoms with van der Waals surface area (Å²) in [5.41, 5.74) is 6.54. The molecule has 16 nitrogen and oxygen atoms in total. The van der Waals surface area contributed by atoms with Crippen LogP contribution < -0.4 is 21.7 Å². The summed E-state index contributed by atoms with van der Waals surface area (Å²) in [5, 5.41) is 36.6. The lowest BCUT2D eigenvalue weighted by Gasteiger charge is -2.34. The normalized spacial score (nSPS) is 20.2. The largest absolute Gasteiger partial charge is 0.508 e. The van der Waals surface area contributed by atoms with Gasteiger partial charge in [-0.1, -0.05) is 46.2 Å². The number of benzene rings is 1. The van der Waals surface area contributed by atoms with Crippen molar-refractivity contribution in [3.63, 3.8) is 0 Å². The van der Waals surface area contributed by atoms with Gasteiger partial charge < -0.3 is 46.8 Å². The average Bonchev–Trinajstić information content (AvgIpc) is 3.79. The maximum atomic E-state index is 14.1. The van der Waals surface area contributed by atoms with Crippen LogP contribution in [-0.4, -0.2) is 116 Å². The lowest BCUT2D eigenvalue weighted by Crippen LogP contribution is -2.60. The molecule has 0 spiro atoms. The van der Waals surface area contributed by atoms with E-state index >= 15 is 0 Å². The van der Waals surface area contributed by atoms with Gasteiger partial charge in [-0.3, -0.25) is 28.8 Å². The highest BCUT2D eigenvalue weighted by molar-refractivity contribution is 5.97. The fourth-order valence-corrected chi connectivity index (χ4v) is 6.35. The summed E-state index contributed by atoms with van der Waals surface area (Å²) in [4.78, 5) is 93.8. The van der Waals surface area contributed by atoms with E-state index in [4.69, 9.17) is 5.73 Å². The van der Waals surface area contributed by atoms with Crippen LogP contribution in [0.4, 0.5) is 0 Å². The third-order valence-electron chi connectivity index (χ3n) is 9.73. The zero-order valence-corrected chi connectivity index (χ0v) is 29.7. The number of hydrogen-bond donors (Lipinski definition) is 7. The highest BCUT2D eigenvalue weighted by Gasteiger charge is 2.43. The molecule has 2 aliphatic heterocycles. The van der Waals surface area contributed by atoms with Crippen LogP contribution in [0.1, 0.15) is 78.2 Å². The number of nitrogens with zero attached hydrogens (tertiary/aromatic N) is 2. The van der Waals surface area contributed by atoms with Crippen LogP contribution in [0.3, 0.4) is 0 Å². The minimum Gasteiger partial charge on any atom is -0.508 e. The quantitative estimate of drug-likeness (QED) is 0.116. The van der Waals surface area contributed by atoms with Crippen molar-refractivity contribution in [1.29, 1.82) is 0 Å². The summed E-state index contributed by atoms with van der Waals surface area (Å²) >= 11 is 0. The summed E-state index contributed by atoms with van der Waals surface area (Å²) in [6.07, 6.45) is 1.33. The monoisotopic (exact) mass is 716 g/mol. The fourth-order valence-electron chi connectivity index (χ4n) is 6.35. The van der Waals surface area contributed by atoms with Crippen molar-refractivity contribution in [3.8, 4) is 5.75 Å². The minimum atomic E-state index is -1.29. The number of aromatic hydroxyl groups is 1. The number of carbonyl (C=O) groups is 7. The molecule has 2 fully saturated rings. The molecule has 0 saturated carbocycles. The first kappa shape index (κ1) is 40.7. The van der Waals surface area contributed by atoms with Gasteiger partial charge in [0.15, 0.2) is 0 Å². The Hall–Kier alpha value is -4.73. The molecule has 1 aromatic carbocycles. The van der Waals surface area contributed by atoms with E-state index in [1.54, 1.807) is 32.9 Å². The van der Waals surface area contributed by atoms with Crippen LogP contribution in [0.15, 0.2) is 24.3 Å². The summed E-state index contributed by atoms with van der Waals surface area (Å²) in [6.45, 7) is 7.48. The van der Waals surface area contributed by atoms with E-state index in [9.17, 15) is 48.9 Å². The van der Waals surface area contributed by atoms with Crippen LogP contribution in [0, 0.1) is 11.8 Å². The van der Waals surface area contributed by atoms with Crippen LogP contribution in [0.25, 0.3) is 0 Å². The second-order valence-electron chi connectivity index (χ2n) is 13.8. The van der Waals surface area contributed by atoms with Crippen molar-refractivity contribution >= 4 is 41.5 Å². The van der Waals surface area contributed by atoms with Gasteiger partial charge in [-0.05, 0) is 61.6 Å². The molecule has 2 aliphatic rings. The molecule has 5 amide bonds. The first-order chi connectivity index (χ1) is 24.0. The highest BCUT2D eigenvalue weighted by atomic mass is 16.4. The molecule has 8 N–H and O–H groups in total. The molecule has 0 aliphatic carbocycles. The molecule has 7 atom stereocenters. The highest BCUT2D eigenvalue weighted by Crippen LogP contribution is 2.24. The number of phenols is 1. The van der Waals surface area contributed by atoms with Crippen LogP contribution in [0.2, 0.25) is 0 Å². The summed E-state index contributed by atoms with van der Waals surface area (Å²) in [5.74, 6) is -6.01. The fraction of sp³-hybridized carbons (Fsp3) is 0.629. The van der Waals surface area contributed by atoms with Crippen molar-refractivity contribution in [3.05, 3.63) is 29.8 Å². The van der Waals surface area contributed by atoms with Gasteiger partial charge in [0.25, 0.3) is 0 Å². The van der Waals surface area contributed by atoms with Crippen molar-refractivity contribution in [1.82, 2.24) is 25.8 Å². The van der Waals surface area contributed by atoms with E-state index in [1.807, 2.05) is 6.92 Å². The second-order valence-corrected chi connectivity index (χ2v) is 13.8. The molecule has 3 rings (SSSR count). The van der Waals surface area contributed by atoms with Crippen molar-refractivity contribution in [2.75, 3.05) is 13.1 Å². The molecule has 2 heterocycles. The third kappa shape index (κ3) is 10.9. The molecule has 0 aromatic heterocycles. The van der Waals surface area contributed by atoms with Crippen LogP contribution >= 0.6 is 0 Å². The van der Waals surface area contributed by atoms with E-state index in [0.717, 1.165) is 0 Å². The standard InChI is InChI=1S/C35H52N6O10/c1-5-20(4)29(34(49)41-17-7-8-25(41)30(45)38-24(35(50)51)18-21-10-12-22(42)13-11-21)39-31(46)26-9-6-16-40(26)33(48)23(14-15-27(43)44)37-32(47)28(36)19(2)3/h10-13,19-20,23-26,28-29,42H,5-9,14-18,36H2,1-4H3,(H,37,47)(H,38,45)(H,39,46)(H,43,44)(H,50,51)/t20?,23-,24-,25-,26-,28-,29-/m0/s1. The number of amides is 5. The number of carboxylic acid groups (broad SMARTS) is 2. The Morgan fingerprint density at radius 2 is 1.37 bits per heavy atom. The first-order valence-electron chi connectivity index (χ1n) is 17.6. The molecule has 0 bridgehead atoms. The number of likely N-dealkylation sites (tertiary alicyclic amines) is 2. The van der Waals surface area contributed by atoms with Crippen molar-refractivity contribution in [2.45, 2.75) is 115 Å². The van der Waals surface area contributed by atoms with Gasteiger partial charge in [-0.2, -0.15) is 0 Å². The average molecular weight is 717 g/mol. The smallest absolute Gasteiger partial charge is 0.326 e. The number of nitrogens with two attached hydrogens (primary N) is 1. The number of carbonyl (C=O) groups excluding carboxylic acids is 5. The maximum absolute atomic E-state index is 14.1. The SMILES string of the molecule is CCC(C)[C@H](NC(=O)[C@@H]1CCCN1C(=O)[C@H](CCC(=O)O)NC(=O)[C@@H](N)C(C)C)C(=O)N1CCC[C@H]1C(=O)N[C@@H](Cc1ccc(O)cc1)C(=O)O. The number of carboxylic acids is 2. The molecular weight excluding hydrogens is 664 g/mol. The zero-order chi connectivity index (χ0) is 38.0. The Bertz CT molecular complexity index is 1440. The van der Waals surface area contributed by atoms with Gasteiger partial charge in [-0.25, -0.2) is 4.79 Å². The molecule has 1 aromatic rings. The van der Waals surface area contributed by atoms with Gasteiger partial charge in [0, 0.05) is 25.9 Å². The van der Waals surface area contributed by atoms with E-state index in [1.165, 1.54) is 21.9 Å². The van der Waals surface area contributed by atoms with E-state index in [2.05, 4.69) is 16.0 Å². The van der Waals surface area contributed by atoms with Crippen LogP contribution in [0.5, 0.6) is 5.75 Å². The maximum Gasteiger partial charge on any atom is 0.326 e. The number of hydrogen-bond acceptors (Lipinski definition) is 9. The van der Waals surface area contributed by atoms with E-state index in [0.29, 0.717) is 31.2 Å². The number of aliphatic carboxylic acids is 2. The van der Waals surface area contributed by atoms with E-state index < -0.39 is 84.1 Å². The molecule has 2 saturated heterocycles. The summed E-state index contributed by atoms with van der Waals surface area (Å²) in [7, 11) is 0. The lowest BCUT2D eigenvalue weighted by molar-refractivity contribution is -0.146. The van der Waals surface area contributed by atoms with Gasteiger partial charge in [0.1, 0.15) is 36.0 Å². The predicted octanol–water partition coefficient (Wildman–Crippen LogP) is 0.350. The molecule has 16 heteroatoms. The first-order valence-corrected chi connectivity index (χ1v) is 17.6. The molecular formula is C35H52N6O10. The Balaban J connectivity index is 1.75. The van der Waals surface area contributed by atoms with Gasteiger partial charge in [0.05, 0.1) is 6.04 Å². The second kappa shape index (κ2) is 18.5. The van der Waals surface area contributed by atoms with E-state index in [-0.39, 0.29) is 49.9 Å². The van der Waals surface area contributed by atoms with Crippen molar-refractivity contribution < 1.29 is 48.9 Å². The third-order valence-corrected chi connectivity index (χ3v) is 9.73. The molecule has 1 unspecified atom stereocenters. The Kier molecular flexibility index (Phi) is 14.8. The molecule has 51 heavy (non-hydrogen) atoms. The zero-order valence-electron chi connectivity index (χ0n) is 29.7. The van der Waals surface area contributed by atoms with Crippen molar-refractivity contribution in [2.24, 2.45) is 17.6 Å². The lowest BCUT2D eigenvalue weighted by atomic mass is 9.96. The predicted molar refractivity (Wildman–Crippen MR) is 184 cm³/mol. The number of rotatable bonds is 17. The minimum absolute atomic E-state index is 0.0145. The van der Waals surface area contributed by atoms with Gasteiger partial charge in [-0.15, -0.1) is 0 Å². The number of nitrogens with one attached hydrogen (secondary N) is 3. The Labute approximate surface area is 297 Å². The Morgan fingerprint density at radius 1 is 0.824 bits per heavy atom. The summed E-state index contributed by atoms with van der Waals surface area (Å²) in [6, 6.07) is -0.550. The Morgan fingerprint density at radius 3 is 1.88 bits per heavy atom. The molecule has 0 radical (unpaired) electrons. The topological polar surface area (TPSA) is 249 Å². The number of phenolic OH excluding ortho intramolecular Hbond substituents is 1. The van der Waals surface area contributed by atoms with Gasteiger partial charge >= 0.3 is 11.9 Å². The van der Waals surface area contributed by atoms with Gasteiger partial charge in [0.2, 0.25) is 29.5 Å². The summed E-state index contributed by atoms with van der Waals surface area (Å²) < 4.78 is 0. The van der Waals surface area contributed by atoms with Crippen LogP contribution in [-0.2, 0) is 40.0 Å². The molecule has 282 valence electrons.